The highest BCUT2D eigenvalue weighted by Gasteiger charge is 2.38. The minimum absolute atomic E-state index is 0.0810. The first kappa shape index (κ1) is 26.0. The van der Waals surface area contributed by atoms with Crippen LogP contribution < -0.4 is 20.4 Å². The third-order valence-corrected chi connectivity index (χ3v) is 8.02. The number of hydrogen-bond acceptors (Lipinski definition) is 6. The predicted molar refractivity (Wildman–Crippen MR) is 148 cm³/mol. The molecule has 0 unspecified atom stereocenters. The number of nitrogens with zero attached hydrogens (tertiary/aromatic N) is 3. The number of ether oxygens (including phenoxy) is 1. The van der Waals surface area contributed by atoms with Crippen LogP contribution in [0.2, 0.25) is 0 Å². The Hall–Kier alpha value is -3.59. The molecule has 2 aromatic carbocycles. The summed E-state index contributed by atoms with van der Waals surface area (Å²) in [5, 5.41) is 6.56. The number of carbonyl (C=O) groups excluding carboxylic acids is 3. The molecule has 2 fully saturated rings. The zero-order chi connectivity index (χ0) is 26.8. The fourth-order valence-corrected chi connectivity index (χ4v) is 5.77. The monoisotopic (exact) mass is 519 g/mol. The Morgan fingerprint density at radius 1 is 0.921 bits per heavy atom. The second kappa shape index (κ2) is 11.0. The molecule has 3 aliphatic heterocycles. The Labute approximate surface area is 224 Å². The zero-order valence-electron chi connectivity index (χ0n) is 22.4. The average molecular weight is 520 g/mol. The lowest BCUT2D eigenvalue weighted by Crippen LogP contribution is -2.55. The lowest BCUT2D eigenvalue weighted by atomic mass is 9.99. The second-order valence-electron chi connectivity index (χ2n) is 10.5. The zero-order valence-corrected chi connectivity index (χ0v) is 22.4. The number of hydrogen-bond donors (Lipinski definition) is 2. The van der Waals surface area contributed by atoms with E-state index in [0.29, 0.717) is 31.9 Å². The number of amides is 3. The lowest BCUT2D eigenvalue weighted by molar-refractivity contribution is -0.129. The van der Waals surface area contributed by atoms with Crippen LogP contribution in [0.5, 0.6) is 0 Å². The maximum atomic E-state index is 13.0. The topological polar surface area (TPSA) is 94.2 Å². The summed E-state index contributed by atoms with van der Waals surface area (Å²) in [5.41, 5.74) is 4.36. The predicted octanol–water partition coefficient (Wildman–Crippen LogP) is 3.52. The fourth-order valence-electron chi connectivity index (χ4n) is 5.77. The summed E-state index contributed by atoms with van der Waals surface area (Å²) < 4.78 is 5.57. The van der Waals surface area contributed by atoms with Gasteiger partial charge in [0, 0.05) is 69.3 Å². The van der Waals surface area contributed by atoms with Crippen molar-refractivity contribution in [3.05, 3.63) is 48.0 Å². The average Bonchev–Trinajstić information content (AvgIpc) is 2.93. The Morgan fingerprint density at radius 2 is 1.58 bits per heavy atom. The van der Waals surface area contributed by atoms with Crippen LogP contribution in [-0.2, 0) is 14.3 Å². The van der Waals surface area contributed by atoms with Gasteiger partial charge in [-0.15, -0.1) is 0 Å². The van der Waals surface area contributed by atoms with Crippen molar-refractivity contribution in [3.63, 3.8) is 0 Å². The van der Waals surface area contributed by atoms with Gasteiger partial charge in [0.2, 0.25) is 11.8 Å². The van der Waals surface area contributed by atoms with Gasteiger partial charge < -0.3 is 30.1 Å². The first-order valence-corrected chi connectivity index (χ1v) is 13.5. The Bertz CT molecular complexity index is 1190. The van der Waals surface area contributed by atoms with Crippen molar-refractivity contribution in [1.82, 2.24) is 10.2 Å². The number of carbonyl (C=O) groups is 3. The number of fused-ring (bicyclic) bond motifs is 1. The molecule has 9 nitrogen and oxygen atoms in total. The number of anilines is 4. The van der Waals surface area contributed by atoms with Crippen molar-refractivity contribution in [2.45, 2.75) is 57.7 Å². The summed E-state index contributed by atoms with van der Waals surface area (Å²) in [4.78, 5) is 43.1. The first-order valence-electron chi connectivity index (χ1n) is 13.5. The molecule has 9 heteroatoms. The molecule has 3 amide bonds. The number of piperidine rings is 1. The van der Waals surface area contributed by atoms with Gasteiger partial charge in [0.1, 0.15) is 6.04 Å². The maximum Gasteiger partial charge on any atom is 0.251 e. The normalized spacial score (nSPS) is 20.8. The summed E-state index contributed by atoms with van der Waals surface area (Å²) in [6.45, 7) is 6.34. The van der Waals surface area contributed by atoms with E-state index in [-0.39, 0.29) is 35.8 Å². The molecular formula is C29H37N5O4. The SMILES string of the molecule is CC(=O)N1CCC(NC(=O)c2ccc(Nc3ccc4c(c3)N(C3CCOCC3)[C@H](C)C(=O)N4C)cc2)CC1. The van der Waals surface area contributed by atoms with E-state index in [4.69, 9.17) is 4.74 Å². The quantitative estimate of drug-likeness (QED) is 0.628. The number of rotatable bonds is 5. The van der Waals surface area contributed by atoms with E-state index < -0.39 is 0 Å². The van der Waals surface area contributed by atoms with Crippen molar-refractivity contribution in [3.8, 4) is 0 Å². The molecule has 0 spiro atoms. The van der Waals surface area contributed by atoms with Gasteiger partial charge in [-0.25, -0.2) is 0 Å². The van der Waals surface area contributed by atoms with Gasteiger partial charge in [-0.05, 0) is 75.1 Å². The van der Waals surface area contributed by atoms with E-state index in [1.807, 2.05) is 55.3 Å². The first-order chi connectivity index (χ1) is 18.3. The van der Waals surface area contributed by atoms with Gasteiger partial charge in [-0.2, -0.15) is 0 Å². The summed E-state index contributed by atoms with van der Waals surface area (Å²) in [6, 6.07) is 13.6. The van der Waals surface area contributed by atoms with Crippen molar-refractivity contribution >= 4 is 40.5 Å². The molecule has 2 N–H and O–H groups in total. The molecule has 3 aliphatic rings. The Morgan fingerprint density at radius 3 is 2.24 bits per heavy atom. The summed E-state index contributed by atoms with van der Waals surface area (Å²) >= 11 is 0. The van der Waals surface area contributed by atoms with Crippen molar-refractivity contribution in [1.29, 1.82) is 0 Å². The van der Waals surface area contributed by atoms with Gasteiger partial charge in [0.15, 0.2) is 0 Å². The molecule has 1 atom stereocenters. The molecule has 5 rings (SSSR count). The molecular weight excluding hydrogens is 482 g/mol. The second-order valence-corrected chi connectivity index (χ2v) is 10.5. The van der Waals surface area contributed by atoms with E-state index in [1.165, 1.54) is 0 Å². The minimum atomic E-state index is -0.238. The third-order valence-electron chi connectivity index (χ3n) is 8.02. The van der Waals surface area contributed by atoms with E-state index in [9.17, 15) is 14.4 Å². The van der Waals surface area contributed by atoms with E-state index in [2.05, 4.69) is 21.6 Å². The number of benzene rings is 2. The highest BCUT2D eigenvalue weighted by molar-refractivity contribution is 6.05. The minimum Gasteiger partial charge on any atom is -0.381 e. The molecule has 0 aromatic heterocycles. The number of nitrogens with one attached hydrogen (secondary N) is 2. The van der Waals surface area contributed by atoms with Crippen LogP contribution in [0.3, 0.4) is 0 Å². The van der Waals surface area contributed by atoms with Crippen LogP contribution >= 0.6 is 0 Å². The molecule has 0 aliphatic carbocycles. The molecule has 0 saturated carbocycles. The van der Waals surface area contributed by atoms with E-state index in [0.717, 1.165) is 48.4 Å². The molecule has 0 bridgehead atoms. The van der Waals surface area contributed by atoms with Crippen LogP contribution in [0.15, 0.2) is 42.5 Å². The van der Waals surface area contributed by atoms with E-state index >= 15 is 0 Å². The lowest BCUT2D eigenvalue weighted by Gasteiger charge is -2.45. The molecule has 2 saturated heterocycles. The van der Waals surface area contributed by atoms with Gasteiger partial charge in [-0.3, -0.25) is 14.4 Å². The van der Waals surface area contributed by atoms with Gasteiger partial charge in [0.25, 0.3) is 5.91 Å². The van der Waals surface area contributed by atoms with Crippen molar-refractivity contribution in [2.75, 3.05) is 48.5 Å². The molecule has 202 valence electrons. The van der Waals surface area contributed by atoms with Gasteiger partial charge in [-0.1, -0.05) is 0 Å². The highest BCUT2D eigenvalue weighted by Crippen LogP contribution is 2.40. The third kappa shape index (κ3) is 5.34. The maximum absolute atomic E-state index is 13.0. The van der Waals surface area contributed by atoms with Crippen LogP contribution in [0, 0.1) is 0 Å². The molecule has 2 aromatic rings. The van der Waals surface area contributed by atoms with Crippen LogP contribution in [0.25, 0.3) is 0 Å². The molecule has 3 heterocycles. The van der Waals surface area contributed by atoms with Crippen LogP contribution in [0.1, 0.15) is 49.9 Å². The van der Waals surface area contributed by atoms with Crippen LogP contribution in [-0.4, -0.2) is 74.1 Å². The highest BCUT2D eigenvalue weighted by atomic mass is 16.5. The largest absolute Gasteiger partial charge is 0.381 e. The number of likely N-dealkylation sites (N-methyl/N-ethyl adjacent to an activating group) is 1. The number of likely N-dealkylation sites (tertiary alicyclic amines) is 1. The fraction of sp³-hybridized carbons (Fsp3) is 0.483. The standard InChI is InChI=1S/C29H37N5O4/c1-19-29(37)32(3)26-9-8-24(18-27(26)34(19)25-12-16-38-17-13-25)30-22-6-4-21(5-7-22)28(36)31-23-10-14-33(15-11-23)20(2)35/h4-9,18-19,23,25,30H,10-17H2,1-3H3,(H,31,36)/t19-/m1/s1. The summed E-state index contributed by atoms with van der Waals surface area (Å²) in [7, 11) is 1.84. The Kier molecular flexibility index (Phi) is 7.56. The Balaban J connectivity index is 1.27. The summed E-state index contributed by atoms with van der Waals surface area (Å²) in [6.07, 6.45) is 3.34. The van der Waals surface area contributed by atoms with Crippen molar-refractivity contribution < 1.29 is 19.1 Å². The molecule has 0 radical (unpaired) electrons. The van der Waals surface area contributed by atoms with Gasteiger partial charge in [0.05, 0.1) is 11.4 Å². The van der Waals surface area contributed by atoms with E-state index in [1.54, 1.807) is 11.8 Å². The smallest absolute Gasteiger partial charge is 0.251 e. The van der Waals surface area contributed by atoms with Crippen LogP contribution in [0.4, 0.5) is 22.7 Å². The van der Waals surface area contributed by atoms with Crippen molar-refractivity contribution in [2.24, 2.45) is 0 Å². The molecule has 38 heavy (non-hydrogen) atoms. The summed E-state index contributed by atoms with van der Waals surface area (Å²) in [5.74, 6) is 0.0893. The van der Waals surface area contributed by atoms with Gasteiger partial charge >= 0.3 is 0 Å².